The smallest absolute Gasteiger partial charge is 0.182 e. The molecule has 1 N–H and O–H groups in total. The zero-order valence-corrected chi connectivity index (χ0v) is 9.32. The Morgan fingerprint density at radius 2 is 2.31 bits per heavy atom. The summed E-state index contributed by atoms with van der Waals surface area (Å²) in [7, 11) is 4.14. The Morgan fingerprint density at radius 3 is 2.85 bits per heavy atom. The summed E-state index contributed by atoms with van der Waals surface area (Å²) in [6, 6.07) is 0. The van der Waals surface area contributed by atoms with E-state index in [1.165, 1.54) is 5.69 Å². The summed E-state index contributed by atoms with van der Waals surface area (Å²) in [5.74, 6) is 0. The molecule has 13 heavy (non-hydrogen) atoms. The third-order valence-electron chi connectivity index (χ3n) is 1.75. The molecule has 1 heterocycles. The van der Waals surface area contributed by atoms with Crippen molar-refractivity contribution in [2.75, 3.05) is 32.5 Å². The summed E-state index contributed by atoms with van der Waals surface area (Å²) in [5, 5.41) is 6.45. The van der Waals surface area contributed by atoms with Gasteiger partial charge >= 0.3 is 0 Å². The van der Waals surface area contributed by atoms with Crippen LogP contribution in [0.1, 0.15) is 12.6 Å². The molecule has 0 radical (unpaired) electrons. The lowest BCUT2D eigenvalue weighted by molar-refractivity contribution is 0.425. The SMILES string of the molecule is CCc1csc(NCCN(C)C)n1. The van der Waals surface area contributed by atoms with Crippen molar-refractivity contribution >= 4 is 16.5 Å². The third-order valence-corrected chi connectivity index (χ3v) is 2.60. The first kappa shape index (κ1) is 10.5. The number of aryl methyl sites for hydroxylation is 1. The van der Waals surface area contributed by atoms with Gasteiger partial charge in [-0.05, 0) is 20.5 Å². The van der Waals surface area contributed by atoms with E-state index in [4.69, 9.17) is 0 Å². The monoisotopic (exact) mass is 199 g/mol. The van der Waals surface area contributed by atoms with E-state index in [0.29, 0.717) is 0 Å². The average molecular weight is 199 g/mol. The molecule has 0 aromatic carbocycles. The summed E-state index contributed by atoms with van der Waals surface area (Å²) in [6.45, 7) is 4.13. The Balaban J connectivity index is 2.28. The maximum absolute atomic E-state index is 4.41. The summed E-state index contributed by atoms with van der Waals surface area (Å²) in [5.41, 5.74) is 1.18. The second kappa shape index (κ2) is 5.19. The third kappa shape index (κ3) is 3.74. The molecule has 0 saturated carbocycles. The molecule has 0 unspecified atom stereocenters. The minimum Gasteiger partial charge on any atom is -0.360 e. The van der Waals surface area contributed by atoms with Crippen LogP contribution in [0.2, 0.25) is 0 Å². The Bertz CT molecular complexity index is 245. The highest BCUT2D eigenvalue weighted by atomic mass is 32.1. The lowest BCUT2D eigenvalue weighted by Gasteiger charge is -2.08. The van der Waals surface area contributed by atoms with Crippen LogP contribution in [0.25, 0.3) is 0 Å². The minimum atomic E-state index is 0.962. The van der Waals surface area contributed by atoms with Gasteiger partial charge in [0.1, 0.15) is 0 Å². The fourth-order valence-electron chi connectivity index (χ4n) is 0.937. The molecule has 0 bridgehead atoms. The van der Waals surface area contributed by atoms with Crippen LogP contribution in [0.5, 0.6) is 0 Å². The van der Waals surface area contributed by atoms with Crippen LogP contribution in [0.3, 0.4) is 0 Å². The van der Waals surface area contributed by atoms with E-state index in [0.717, 1.165) is 24.6 Å². The first-order valence-electron chi connectivity index (χ1n) is 4.55. The maximum atomic E-state index is 4.41. The topological polar surface area (TPSA) is 28.2 Å². The molecule has 1 rings (SSSR count). The van der Waals surface area contributed by atoms with E-state index in [9.17, 15) is 0 Å². The second-order valence-corrected chi connectivity index (χ2v) is 4.09. The number of thiazole rings is 1. The number of nitrogens with zero attached hydrogens (tertiary/aromatic N) is 2. The van der Waals surface area contributed by atoms with Crippen LogP contribution >= 0.6 is 11.3 Å². The number of rotatable bonds is 5. The van der Waals surface area contributed by atoms with Gasteiger partial charge in [-0.2, -0.15) is 0 Å². The number of nitrogens with one attached hydrogen (secondary N) is 1. The van der Waals surface area contributed by atoms with Gasteiger partial charge in [-0.3, -0.25) is 0 Å². The fourth-order valence-corrected chi connectivity index (χ4v) is 1.76. The zero-order chi connectivity index (χ0) is 9.68. The number of likely N-dealkylation sites (N-methyl/N-ethyl adjacent to an activating group) is 1. The Hall–Kier alpha value is -0.610. The molecular formula is C9H17N3S. The van der Waals surface area contributed by atoms with E-state index in [2.05, 4.69) is 41.6 Å². The number of hydrogen-bond donors (Lipinski definition) is 1. The van der Waals surface area contributed by atoms with E-state index in [-0.39, 0.29) is 0 Å². The quantitative estimate of drug-likeness (QED) is 0.782. The summed E-state index contributed by atoms with van der Waals surface area (Å²) in [6.07, 6.45) is 1.02. The molecule has 74 valence electrons. The van der Waals surface area contributed by atoms with Crippen molar-refractivity contribution in [3.05, 3.63) is 11.1 Å². The van der Waals surface area contributed by atoms with Gasteiger partial charge in [0.15, 0.2) is 5.13 Å². The molecule has 0 fully saturated rings. The molecule has 0 aliphatic carbocycles. The average Bonchev–Trinajstić information content (AvgIpc) is 2.52. The van der Waals surface area contributed by atoms with Gasteiger partial charge < -0.3 is 10.2 Å². The highest BCUT2D eigenvalue weighted by Crippen LogP contribution is 2.14. The molecule has 0 aliphatic heterocycles. The molecule has 0 spiro atoms. The number of aromatic nitrogens is 1. The standard InChI is InChI=1S/C9H17N3S/c1-4-8-7-13-9(11-8)10-5-6-12(2)3/h7H,4-6H2,1-3H3,(H,10,11). The van der Waals surface area contributed by atoms with Crippen LogP contribution in [0.15, 0.2) is 5.38 Å². The van der Waals surface area contributed by atoms with Crippen molar-refractivity contribution in [2.45, 2.75) is 13.3 Å². The van der Waals surface area contributed by atoms with E-state index in [1.54, 1.807) is 11.3 Å². The number of hydrogen-bond acceptors (Lipinski definition) is 4. The van der Waals surface area contributed by atoms with Crippen LogP contribution in [0, 0.1) is 0 Å². The summed E-state index contributed by atoms with van der Waals surface area (Å²) >= 11 is 1.69. The molecule has 3 nitrogen and oxygen atoms in total. The number of anilines is 1. The molecule has 1 aromatic heterocycles. The summed E-state index contributed by atoms with van der Waals surface area (Å²) in [4.78, 5) is 6.57. The van der Waals surface area contributed by atoms with E-state index < -0.39 is 0 Å². The molecule has 0 aliphatic rings. The van der Waals surface area contributed by atoms with E-state index >= 15 is 0 Å². The van der Waals surface area contributed by atoms with Crippen LogP contribution in [-0.4, -0.2) is 37.1 Å². The Morgan fingerprint density at radius 1 is 1.54 bits per heavy atom. The largest absolute Gasteiger partial charge is 0.360 e. The first-order valence-corrected chi connectivity index (χ1v) is 5.43. The van der Waals surface area contributed by atoms with Gasteiger partial charge in [-0.15, -0.1) is 11.3 Å². The van der Waals surface area contributed by atoms with Crippen LogP contribution in [-0.2, 0) is 6.42 Å². The molecule has 0 saturated heterocycles. The van der Waals surface area contributed by atoms with Crippen molar-refractivity contribution in [2.24, 2.45) is 0 Å². The van der Waals surface area contributed by atoms with Crippen molar-refractivity contribution in [1.82, 2.24) is 9.88 Å². The minimum absolute atomic E-state index is 0.962. The van der Waals surface area contributed by atoms with Gasteiger partial charge in [-0.25, -0.2) is 4.98 Å². The molecular weight excluding hydrogens is 182 g/mol. The van der Waals surface area contributed by atoms with Gasteiger partial charge in [0.2, 0.25) is 0 Å². The zero-order valence-electron chi connectivity index (χ0n) is 8.50. The summed E-state index contributed by atoms with van der Waals surface area (Å²) < 4.78 is 0. The van der Waals surface area contributed by atoms with Crippen LogP contribution in [0.4, 0.5) is 5.13 Å². The van der Waals surface area contributed by atoms with Gasteiger partial charge in [-0.1, -0.05) is 6.92 Å². The lowest BCUT2D eigenvalue weighted by Crippen LogP contribution is -2.20. The van der Waals surface area contributed by atoms with Crippen molar-refractivity contribution in [1.29, 1.82) is 0 Å². The molecule has 4 heteroatoms. The highest BCUT2D eigenvalue weighted by molar-refractivity contribution is 7.13. The predicted octanol–water partition coefficient (Wildman–Crippen LogP) is 1.68. The second-order valence-electron chi connectivity index (χ2n) is 3.23. The van der Waals surface area contributed by atoms with Gasteiger partial charge in [0.25, 0.3) is 0 Å². The van der Waals surface area contributed by atoms with Gasteiger partial charge in [0, 0.05) is 18.5 Å². The fraction of sp³-hybridized carbons (Fsp3) is 0.667. The van der Waals surface area contributed by atoms with Gasteiger partial charge in [0.05, 0.1) is 5.69 Å². The highest BCUT2D eigenvalue weighted by Gasteiger charge is 1.98. The normalized spacial score (nSPS) is 10.8. The van der Waals surface area contributed by atoms with Crippen molar-refractivity contribution < 1.29 is 0 Å². The van der Waals surface area contributed by atoms with Crippen molar-refractivity contribution in [3.8, 4) is 0 Å². The van der Waals surface area contributed by atoms with E-state index in [1.807, 2.05) is 0 Å². The van der Waals surface area contributed by atoms with Crippen LogP contribution < -0.4 is 5.32 Å². The Labute approximate surface area is 83.8 Å². The first-order chi connectivity index (χ1) is 6.22. The maximum Gasteiger partial charge on any atom is 0.182 e. The van der Waals surface area contributed by atoms with Crippen molar-refractivity contribution in [3.63, 3.8) is 0 Å². The Kier molecular flexibility index (Phi) is 4.18. The predicted molar refractivity (Wildman–Crippen MR) is 58.5 cm³/mol. The molecule has 1 aromatic rings. The lowest BCUT2D eigenvalue weighted by atomic mass is 10.4. The molecule has 0 amide bonds. The molecule has 0 atom stereocenters.